The minimum atomic E-state index is -0.198. The average Bonchev–Trinajstić information content (AvgIpc) is 2.39. The summed E-state index contributed by atoms with van der Waals surface area (Å²) in [5, 5.41) is 0. The van der Waals surface area contributed by atoms with Crippen LogP contribution in [0.15, 0.2) is 51.4 Å². The van der Waals surface area contributed by atoms with Gasteiger partial charge in [-0.1, -0.05) is 56.1 Å². The Morgan fingerprint density at radius 3 is 2.47 bits per heavy atom. The SMILES string of the molecule is Fc1cc(Br)ccc1CC(CCl)c1ccccc1Br. The normalized spacial score (nSPS) is 12.4. The van der Waals surface area contributed by atoms with Gasteiger partial charge in [0.1, 0.15) is 5.82 Å². The summed E-state index contributed by atoms with van der Waals surface area (Å²) in [6.45, 7) is 0. The zero-order chi connectivity index (χ0) is 13.8. The van der Waals surface area contributed by atoms with Gasteiger partial charge >= 0.3 is 0 Å². The summed E-state index contributed by atoms with van der Waals surface area (Å²) in [4.78, 5) is 0. The number of benzene rings is 2. The zero-order valence-electron chi connectivity index (χ0n) is 10.0. The van der Waals surface area contributed by atoms with Gasteiger partial charge in [0.05, 0.1) is 0 Å². The standard InChI is InChI=1S/C15H12Br2ClF/c16-12-6-5-10(15(19)8-12)7-11(9-18)13-3-1-2-4-14(13)17/h1-6,8,11H,7,9H2. The molecular weight excluding hydrogens is 394 g/mol. The van der Waals surface area contributed by atoms with E-state index in [1.807, 2.05) is 30.3 Å². The molecule has 0 aliphatic heterocycles. The fourth-order valence-electron chi connectivity index (χ4n) is 2.01. The maximum Gasteiger partial charge on any atom is 0.127 e. The monoisotopic (exact) mass is 404 g/mol. The molecule has 0 aliphatic carbocycles. The van der Waals surface area contributed by atoms with Crippen molar-refractivity contribution >= 4 is 43.5 Å². The summed E-state index contributed by atoms with van der Waals surface area (Å²) in [7, 11) is 0. The third kappa shape index (κ3) is 3.80. The lowest BCUT2D eigenvalue weighted by Gasteiger charge is -2.16. The molecule has 0 aliphatic rings. The maximum atomic E-state index is 13.9. The number of rotatable bonds is 4. The number of halogens is 4. The van der Waals surface area contributed by atoms with Crippen molar-refractivity contribution in [2.45, 2.75) is 12.3 Å². The summed E-state index contributed by atoms with van der Waals surface area (Å²) >= 11 is 12.8. The minimum Gasteiger partial charge on any atom is -0.207 e. The van der Waals surface area contributed by atoms with Crippen molar-refractivity contribution in [3.8, 4) is 0 Å². The van der Waals surface area contributed by atoms with Crippen molar-refractivity contribution in [2.24, 2.45) is 0 Å². The molecule has 0 N–H and O–H groups in total. The van der Waals surface area contributed by atoms with Gasteiger partial charge in [0.2, 0.25) is 0 Å². The highest BCUT2D eigenvalue weighted by molar-refractivity contribution is 9.10. The molecule has 0 saturated heterocycles. The molecule has 0 radical (unpaired) electrons. The van der Waals surface area contributed by atoms with Crippen LogP contribution in [0, 0.1) is 5.82 Å². The second-order valence-corrected chi connectivity index (χ2v) is 6.39. The van der Waals surface area contributed by atoms with Crippen LogP contribution in [0.25, 0.3) is 0 Å². The zero-order valence-corrected chi connectivity index (χ0v) is 14.0. The first kappa shape index (κ1) is 15.0. The molecule has 2 aromatic carbocycles. The van der Waals surface area contributed by atoms with E-state index in [0.717, 1.165) is 14.5 Å². The Hall–Kier alpha value is -0.380. The highest BCUT2D eigenvalue weighted by Crippen LogP contribution is 2.30. The highest BCUT2D eigenvalue weighted by Gasteiger charge is 2.16. The average molecular weight is 407 g/mol. The van der Waals surface area contributed by atoms with Crippen molar-refractivity contribution in [3.63, 3.8) is 0 Å². The van der Waals surface area contributed by atoms with Crippen molar-refractivity contribution < 1.29 is 4.39 Å². The molecule has 100 valence electrons. The minimum absolute atomic E-state index is 0.0907. The van der Waals surface area contributed by atoms with Crippen LogP contribution in [0.4, 0.5) is 4.39 Å². The van der Waals surface area contributed by atoms with E-state index >= 15 is 0 Å². The molecule has 0 saturated carbocycles. The first-order valence-corrected chi connectivity index (χ1v) is 7.98. The molecule has 0 fully saturated rings. The van der Waals surface area contributed by atoms with Crippen LogP contribution in [0.3, 0.4) is 0 Å². The first-order valence-electron chi connectivity index (χ1n) is 5.86. The van der Waals surface area contributed by atoms with E-state index in [9.17, 15) is 4.39 Å². The quantitative estimate of drug-likeness (QED) is 0.553. The maximum absolute atomic E-state index is 13.9. The van der Waals surface area contributed by atoms with Crippen LogP contribution in [-0.4, -0.2) is 5.88 Å². The predicted octanol–water partition coefficient (Wildman–Crippen LogP) is 5.92. The van der Waals surface area contributed by atoms with Gasteiger partial charge in [-0.15, -0.1) is 11.6 Å². The predicted molar refractivity (Wildman–Crippen MR) is 85.4 cm³/mol. The van der Waals surface area contributed by atoms with Gasteiger partial charge in [-0.05, 0) is 35.7 Å². The van der Waals surface area contributed by atoms with Gasteiger partial charge in [0, 0.05) is 20.7 Å². The summed E-state index contributed by atoms with van der Waals surface area (Å²) in [5.41, 5.74) is 1.80. The molecule has 0 bridgehead atoms. The molecular formula is C15H12Br2ClF. The smallest absolute Gasteiger partial charge is 0.127 e. The Morgan fingerprint density at radius 2 is 1.84 bits per heavy atom. The molecule has 0 amide bonds. The fraction of sp³-hybridized carbons (Fsp3) is 0.200. The van der Waals surface area contributed by atoms with E-state index in [1.165, 1.54) is 6.07 Å². The van der Waals surface area contributed by atoms with Gasteiger partial charge in [-0.25, -0.2) is 4.39 Å². The fourth-order valence-corrected chi connectivity index (χ4v) is 3.22. The van der Waals surface area contributed by atoms with E-state index in [-0.39, 0.29) is 11.7 Å². The lowest BCUT2D eigenvalue weighted by atomic mass is 9.93. The van der Waals surface area contributed by atoms with E-state index in [1.54, 1.807) is 6.07 Å². The van der Waals surface area contributed by atoms with E-state index < -0.39 is 0 Å². The summed E-state index contributed by atoms with van der Waals surface area (Å²) in [5.74, 6) is 0.349. The van der Waals surface area contributed by atoms with Crippen LogP contribution in [-0.2, 0) is 6.42 Å². The summed E-state index contributed by atoms with van der Waals surface area (Å²) < 4.78 is 15.6. The first-order chi connectivity index (χ1) is 9.11. The Bertz CT molecular complexity index is 572. The van der Waals surface area contributed by atoms with Crippen LogP contribution in [0.1, 0.15) is 17.0 Å². The van der Waals surface area contributed by atoms with Gasteiger partial charge in [-0.2, -0.15) is 0 Å². The molecule has 1 unspecified atom stereocenters. The lowest BCUT2D eigenvalue weighted by molar-refractivity contribution is 0.597. The number of hydrogen-bond acceptors (Lipinski definition) is 0. The van der Waals surface area contributed by atoms with Crippen molar-refractivity contribution in [3.05, 3.63) is 68.4 Å². The molecule has 0 heterocycles. The molecule has 4 heteroatoms. The van der Waals surface area contributed by atoms with Gasteiger partial charge < -0.3 is 0 Å². The van der Waals surface area contributed by atoms with Crippen molar-refractivity contribution in [1.29, 1.82) is 0 Å². The van der Waals surface area contributed by atoms with E-state index in [4.69, 9.17) is 11.6 Å². The van der Waals surface area contributed by atoms with Gasteiger partial charge in [0.15, 0.2) is 0 Å². The summed E-state index contributed by atoms with van der Waals surface area (Å²) in [6, 6.07) is 13.1. The Labute approximate surface area is 134 Å². The second kappa shape index (κ2) is 6.87. The molecule has 2 rings (SSSR count). The van der Waals surface area contributed by atoms with Crippen molar-refractivity contribution in [2.75, 3.05) is 5.88 Å². The van der Waals surface area contributed by atoms with Crippen LogP contribution in [0.2, 0.25) is 0 Å². The second-order valence-electron chi connectivity index (χ2n) is 4.31. The largest absolute Gasteiger partial charge is 0.207 e. The lowest BCUT2D eigenvalue weighted by Crippen LogP contribution is -2.07. The van der Waals surface area contributed by atoms with Gasteiger partial charge in [-0.3, -0.25) is 0 Å². The molecule has 0 nitrogen and oxygen atoms in total. The van der Waals surface area contributed by atoms with Crippen LogP contribution < -0.4 is 0 Å². The van der Waals surface area contributed by atoms with E-state index in [2.05, 4.69) is 31.9 Å². The molecule has 0 aromatic heterocycles. The molecule has 1 atom stereocenters. The van der Waals surface area contributed by atoms with Crippen LogP contribution in [0.5, 0.6) is 0 Å². The molecule has 19 heavy (non-hydrogen) atoms. The van der Waals surface area contributed by atoms with Crippen molar-refractivity contribution in [1.82, 2.24) is 0 Å². The third-order valence-electron chi connectivity index (χ3n) is 3.01. The Kier molecular flexibility index (Phi) is 5.43. The summed E-state index contributed by atoms with van der Waals surface area (Å²) in [6.07, 6.45) is 0.589. The Balaban J connectivity index is 2.27. The molecule has 0 spiro atoms. The Morgan fingerprint density at radius 1 is 1.11 bits per heavy atom. The topological polar surface area (TPSA) is 0 Å². The van der Waals surface area contributed by atoms with Gasteiger partial charge in [0.25, 0.3) is 0 Å². The van der Waals surface area contributed by atoms with Crippen LogP contribution >= 0.6 is 43.5 Å². The van der Waals surface area contributed by atoms with E-state index in [0.29, 0.717) is 17.9 Å². The highest BCUT2D eigenvalue weighted by atomic mass is 79.9. The number of alkyl halides is 1. The third-order valence-corrected chi connectivity index (χ3v) is 4.60. The molecule has 2 aromatic rings. The number of hydrogen-bond donors (Lipinski definition) is 0.